The molecular weight excluding hydrogens is 335 g/mol. The minimum absolute atomic E-state index is 0.0832. The number of Topliss-reactive ketones (excluding diaryl/α,β-unsaturated/α-hetero) is 1. The van der Waals surface area contributed by atoms with Gasteiger partial charge in [0.15, 0.2) is 5.78 Å². The first-order valence-electron chi connectivity index (χ1n) is 8.28. The average Bonchev–Trinajstić information content (AvgIpc) is 3.07. The van der Waals surface area contributed by atoms with Crippen LogP contribution in [0.4, 0.5) is 19.0 Å². The number of alkyl halides is 3. The zero-order valence-electron chi connectivity index (χ0n) is 13.5. The number of hydrogen-bond donors (Lipinski definition) is 1. The third kappa shape index (κ3) is 3.20. The third-order valence-corrected chi connectivity index (χ3v) is 5.02. The number of rotatable bonds is 4. The lowest BCUT2D eigenvalue weighted by molar-refractivity contribution is -0.153. The fourth-order valence-corrected chi connectivity index (χ4v) is 4.02. The van der Waals surface area contributed by atoms with Crippen LogP contribution in [0.1, 0.15) is 19.3 Å². The molecule has 4 heterocycles. The van der Waals surface area contributed by atoms with Crippen molar-refractivity contribution in [1.29, 1.82) is 0 Å². The van der Waals surface area contributed by atoms with Crippen LogP contribution >= 0.6 is 0 Å². The molecule has 2 bridgehead atoms. The minimum Gasteiger partial charge on any atom is -0.353 e. The van der Waals surface area contributed by atoms with Gasteiger partial charge in [0.05, 0.1) is 11.9 Å². The number of nitrogens with one attached hydrogen (secondary N) is 1. The van der Waals surface area contributed by atoms with Crippen LogP contribution in [-0.2, 0) is 4.79 Å². The van der Waals surface area contributed by atoms with Crippen molar-refractivity contribution in [2.45, 2.75) is 37.5 Å². The fourth-order valence-electron chi connectivity index (χ4n) is 4.02. The van der Waals surface area contributed by atoms with E-state index in [2.05, 4.69) is 19.9 Å². The van der Waals surface area contributed by atoms with Gasteiger partial charge in [-0.1, -0.05) is 0 Å². The number of nitrogens with zero attached hydrogens (tertiary/aromatic N) is 4. The van der Waals surface area contributed by atoms with E-state index in [4.69, 9.17) is 0 Å². The molecule has 2 aliphatic heterocycles. The first-order valence-corrected chi connectivity index (χ1v) is 8.28. The molecule has 0 amide bonds. The Kier molecular flexibility index (Phi) is 3.90. The third-order valence-electron chi connectivity index (χ3n) is 5.02. The number of H-pyrrole nitrogens is 1. The summed E-state index contributed by atoms with van der Waals surface area (Å²) in [6.45, 7) is 1.20. The number of anilines is 1. The highest BCUT2D eigenvalue weighted by Gasteiger charge is 2.42. The van der Waals surface area contributed by atoms with E-state index < -0.39 is 18.4 Å². The van der Waals surface area contributed by atoms with Gasteiger partial charge >= 0.3 is 6.18 Å². The van der Waals surface area contributed by atoms with E-state index >= 15 is 0 Å². The molecule has 2 saturated heterocycles. The second kappa shape index (κ2) is 5.98. The molecule has 2 aliphatic rings. The molecule has 1 N–H and O–H groups in total. The predicted octanol–water partition coefficient (Wildman–Crippen LogP) is 2.13. The summed E-state index contributed by atoms with van der Waals surface area (Å²) in [5, 5.41) is 0.934. The molecule has 25 heavy (non-hydrogen) atoms. The number of ketones is 1. The lowest BCUT2D eigenvalue weighted by atomic mass is 10.1. The average molecular weight is 353 g/mol. The van der Waals surface area contributed by atoms with Crippen molar-refractivity contribution in [2.24, 2.45) is 0 Å². The molecule has 0 aromatic carbocycles. The molecule has 2 atom stereocenters. The maximum Gasteiger partial charge on any atom is 0.395 e. The number of fused-ring (bicyclic) bond motifs is 3. The smallest absolute Gasteiger partial charge is 0.353 e. The molecule has 2 fully saturated rings. The van der Waals surface area contributed by atoms with Gasteiger partial charge in [0, 0.05) is 31.4 Å². The Bertz CT molecular complexity index is 775. The largest absolute Gasteiger partial charge is 0.395 e. The first-order chi connectivity index (χ1) is 11.9. The Labute approximate surface area is 142 Å². The molecule has 0 radical (unpaired) electrons. The van der Waals surface area contributed by atoms with Crippen molar-refractivity contribution in [1.82, 2.24) is 19.9 Å². The Morgan fingerprint density at radius 3 is 2.64 bits per heavy atom. The highest BCUT2D eigenvalue weighted by atomic mass is 19.4. The normalized spacial score (nSPS) is 24.2. The van der Waals surface area contributed by atoms with Gasteiger partial charge in [0.1, 0.15) is 24.2 Å². The summed E-state index contributed by atoms with van der Waals surface area (Å²) in [6, 6.07) is 2.09. The van der Waals surface area contributed by atoms with E-state index in [-0.39, 0.29) is 18.6 Å². The van der Waals surface area contributed by atoms with Crippen LogP contribution in [0.3, 0.4) is 0 Å². The number of carbonyl (C=O) groups is 1. The van der Waals surface area contributed by atoms with Gasteiger partial charge in [-0.05, 0) is 18.9 Å². The van der Waals surface area contributed by atoms with Gasteiger partial charge in [0.2, 0.25) is 0 Å². The summed E-state index contributed by atoms with van der Waals surface area (Å²) in [4.78, 5) is 27.5. The molecule has 6 nitrogen and oxygen atoms in total. The number of piperazine rings is 1. The van der Waals surface area contributed by atoms with Gasteiger partial charge in [-0.2, -0.15) is 13.2 Å². The monoisotopic (exact) mass is 353 g/mol. The van der Waals surface area contributed by atoms with Crippen LogP contribution in [0.2, 0.25) is 0 Å². The first kappa shape index (κ1) is 16.3. The zero-order chi connectivity index (χ0) is 17.6. The summed E-state index contributed by atoms with van der Waals surface area (Å²) < 4.78 is 37.2. The van der Waals surface area contributed by atoms with Crippen LogP contribution in [0.5, 0.6) is 0 Å². The number of aromatic amines is 1. The van der Waals surface area contributed by atoms with Gasteiger partial charge in [0.25, 0.3) is 0 Å². The van der Waals surface area contributed by atoms with E-state index in [0.29, 0.717) is 13.1 Å². The van der Waals surface area contributed by atoms with E-state index in [0.717, 1.165) is 29.7 Å². The topological polar surface area (TPSA) is 65.1 Å². The Hall–Kier alpha value is -2.16. The second-order valence-corrected chi connectivity index (χ2v) is 6.73. The summed E-state index contributed by atoms with van der Waals surface area (Å²) >= 11 is 0. The van der Waals surface area contributed by atoms with Gasteiger partial charge in [-0.15, -0.1) is 0 Å². The summed E-state index contributed by atoms with van der Waals surface area (Å²) in [5.41, 5.74) is 0.764. The predicted molar refractivity (Wildman–Crippen MR) is 85.3 cm³/mol. The van der Waals surface area contributed by atoms with Crippen molar-refractivity contribution >= 4 is 22.6 Å². The quantitative estimate of drug-likeness (QED) is 0.912. The van der Waals surface area contributed by atoms with Crippen LogP contribution in [-0.4, -0.2) is 63.5 Å². The molecule has 9 heteroatoms. The summed E-state index contributed by atoms with van der Waals surface area (Å²) in [5.74, 6) is 0.0809. The van der Waals surface area contributed by atoms with Crippen LogP contribution < -0.4 is 4.90 Å². The van der Waals surface area contributed by atoms with Crippen molar-refractivity contribution in [3.8, 4) is 0 Å². The molecule has 2 unspecified atom stereocenters. The van der Waals surface area contributed by atoms with Crippen LogP contribution in [0.25, 0.3) is 11.0 Å². The fraction of sp³-hybridized carbons (Fsp3) is 0.562. The highest BCUT2D eigenvalue weighted by Crippen LogP contribution is 2.34. The van der Waals surface area contributed by atoms with Crippen LogP contribution in [0, 0.1) is 0 Å². The molecule has 0 spiro atoms. The Morgan fingerprint density at radius 2 is 1.96 bits per heavy atom. The maximum absolute atomic E-state index is 12.4. The molecule has 2 aromatic heterocycles. The molecular formula is C16H18F3N5O. The van der Waals surface area contributed by atoms with Gasteiger partial charge in [-0.3, -0.25) is 9.69 Å². The zero-order valence-corrected chi connectivity index (χ0v) is 13.5. The Morgan fingerprint density at radius 1 is 1.24 bits per heavy atom. The molecule has 0 saturated carbocycles. The van der Waals surface area contributed by atoms with E-state index in [1.54, 1.807) is 0 Å². The lowest BCUT2D eigenvalue weighted by Crippen LogP contribution is -2.55. The summed E-state index contributed by atoms with van der Waals surface area (Å²) in [7, 11) is 0. The standard InChI is InChI=1S/C16H18F3N5O/c17-16(18,19)5-12(25)8-24-10-1-2-11(24)7-23(6-10)15-13-3-4-20-14(13)21-9-22-15/h3-4,9-11H,1-2,5-8H2,(H,20,21,22). The summed E-state index contributed by atoms with van der Waals surface area (Å²) in [6.07, 6.45) is -0.677. The van der Waals surface area contributed by atoms with Crippen molar-refractivity contribution < 1.29 is 18.0 Å². The Balaban J connectivity index is 1.49. The lowest BCUT2D eigenvalue weighted by Gasteiger charge is -2.41. The molecule has 2 aromatic rings. The van der Waals surface area contributed by atoms with E-state index in [9.17, 15) is 18.0 Å². The van der Waals surface area contributed by atoms with Crippen LogP contribution in [0.15, 0.2) is 18.6 Å². The highest BCUT2D eigenvalue weighted by molar-refractivity contribution is 5.87. The second-order valence-electron chi connectivity index (χ2n) is 6.73. The number of aromatic nitrogens is 3. The van der Waals surface area contributed by atoms with Crippen molar-refractivity contribution in [2.75, 3.05) is 24.5 Å². The number of carbonyl (C=O) groups excluding carboxylic acids is 1. The van der Waals surface area contributed by atoms with Crippen molar-refractivity contribution in [3.63, 3.8) is 0 Å². The van der Waals surface area contributed by atoms with Gasteiger partial charge < -0.3 is 9.88 Å². The van der Waals surface area contributed by atoms with Crippen molar-refractivity contribution in [3.05, 3.63) is 18.6 Å². The minimum atomic E-state index is -4.43. The molecule has 134 valence electrons. The van der Waals surface area contributed by atoms with Gasteiger partial charge in [-0.25, -0.2) is 9.97 Å². The SMILES string of the molecule is O=C(CN1C2CCC1CN(c1ncnc3[nH]ccc13)C2)CC(F)(F)F. The number of halogens is 3. The van der Waals surface area contributed by atoms with E-state index in [1.807, 2.05) is 17.2 Å². The molecule has 0 aliphatic carbocycles. The molecule has 4 rings (SSSR count). The number of hydrogen-bond acceptors (Lipinski definition) is 5. The maximum atomic E-state index is 12.4. The van der Waals surface area contributed by atoms with E-state index in [1.165, 1.54) is 6.33 Å².